The van der Waals surface area contributed by atoms with Gasteiger partial charge in [-0.3, -0.25) is 0 Å². The summed E-state index contributed by atoms with van der Waals surface area (Å²) in [5.41, 5.74) is 1.03. The molecule has 0 saturated carbocycles. The van der Waals surface area contributed by atoms with E-state index in [4.69, 9.17) is 0 Å². The molecule has 0 aliphatic rings. The number of aromatic nitrogens is 1. The highest BCUT2D eigenvalue weighted by Crippen LogP contribution is 2.25. The normalized spacial score (nSPS) is 14.6. The largest absolute Gasteiger partial charge is 0.312 e. The topological polar surface area (TPSA) is 59.1 Å². The Labute approximate surface area is 120 Å². The average Bonchev–Trinajstić information content (AvgIpc) is 2.56. The molecule has 1 aromatic heterocycles. The lowest BCUT2D eigenvalue weighted by atomic mass is 10.00. The van der Waals surface area contributed by atoms with Gasteiger partial charge in [-0.2, -0.15) is 0 Å². The van der Waals surface area contributed by atoms with Crippen molar-refractivity contribution in [2.75, 3.05) is 12.8 Å². The summed E-state index contributed by atoms with van der Waals surface area (Å²) in [5.74, 6) is 0. The van der Waals surface area contributed by atoms with Crippen LogP contribution in [0.2, 0.25) is 0 Å². The van der Waals surface area contributed by atoms with Gasteiger partial charge in [0, 0.05) is 23.6 Å². The molecule has 19 heavy (non-hydrogen) atoms. The second-order valence-electron chi connectivity index (χ2n) is 5.44. The number of aryl methyl sites for hydroxylation is 2. The number of hydrogen-bond donors (Lipinski definition) is 1. The molecule has 1 N–H and O–H groups in total. The minimum Gasteiger partial charge on any atom is -0.312 e. The molecule has 0 amide bonds. The first kappa shape index (κ1) is 16.6. The zero-order valence-electron chi connectivity index (χ0n) is 12.6. The maximum Gasteiger partial charge on any atom is 0.154 e. The van der Waals surface area contributed by atoms with E-state index in [0.717, 1.165) is 17.2 Å². The van der Waals surface area contributed by atoms with Crippen molar-refractivity contribution in [3.05, 3.63) is 15.6 Å². The van der Waals surface area contributed by atoms with Gasteiger partial charge in [0.05, 0.1) is 15.4 Å². The summed E-state index contributed by atoms with van der Waals surface area (Å²) in [5, 5.41) is 4.29. The monoisotopic (exact) mass is 304 g/mol. The molecule has 0 radical (unpaired) electrons. The van der Waals surface area contributed by atoms with Crippen LogP contribution in [0.15, 0.2) is 0 Å². The van der Waals surface area contributed by atoms with Crippen molar-refractivity contribution >= 4 is 21.2 Å². The van der Waals surface area contributed by atoms with Crippen LogP contribution in [-0.4, -0.2) is 37.0 Å². The molecule has 0 aliphatic heterocycles. The van der Waals surface area contributed by atoms with Crippen molar-refractivity contribution < 1.29 is 8.42 Å². The van der Waals surface area contributed by atoms with Crippen molar-refractivity contribution in [3.8, 4) is 0 Å². The number of likely N-dealkylation sites (N-methyl/N-ethyl adjacent to an activating group) is 1. The molecule has 4 nitrogen and oxygen atoms in total. The third-order valence-electron chi connectivity index (χ3n) is 3.70. The predicted molar refractivity (Wildman–Crippen MR) is 81.7 cm³/mol. The summed E-state index contributed by atoms with van der Waals surface area (Å²) in [7, 11) is -3.13. The molecular formula is C13H24N2O2S2. The van der Waals surface area contributed by atoms with Gasteiger partial charge in [-0.15, -0.1) is 11.3 Å². The van der Waals surface area contributed by atoms with Crippen molar-refractivity contribution in [1.82, 2.24) is 10.3 Å². The highest BCUT2D eigenvalue weighted by atomic mass is 32.2. The minimum absolute atomic E-state index is 0.127. The molecule has 110 valence electrons. The molecule has 0 fully saturated rings. The maximum absolute atomic E-state index is 12.0. The van der Waals surface area contributed by atoms with E-state index in [9.17, 15) is 8.42 Å². The van der Waals surface area contributed by atoms with Crippen molar-refractivity contribution in [2.24, 2.45) is 0 Å². The minimum atomic E-state index is -3.13. The zero-order chi connectivity index (χ0) is 14.8. The average molecular weight is 304 g/mol. The molecule has 1 aromatic rings. The first-order valence-corrected chi connectivity index (χ1v) is 9.16. The summed E-state index contributed by atoms with van der Waals surface area (Å²) < 4.78 is 23.1. The molecule has 1 rings (SSSR count). The van der Waals surface area contributed by atoms with Gasteiger partial charge in [-0.25, -0.2) is 13.4 Å². The van der Waals surface area contributed by atoms with E-state index in [2.05, 4.69) is 10.3 Å². The summed E-state index contributed by atoms with van der Waals surface area (Å²) in [6.07, 6.45) is 1.95. The molecule has 0 aliphatic carbocycles. The van der Waals surface area contributed by atoms with E-state index in [1.807, 2.05) is 20.8 Å². The van der Waals surface area contributed by atoms with Gasteiger partial charge in [-0.1, -0.05) is 6.92 Å². The molecule has 1 heterocycles. The second-order valence-corrected chi connectivity index (χ2v) is 9.32. The highest BCUT2D eigenvalue weighted by Gasteiger charge is 2.39. The lowest BCUT2D eigenvalue weighted by molar-refractivity contribution is 0.413. The Morgan fingerprint density at radius 2 is 1.95 bits per heavy atom. The van der Waals surface area contributed by atoms with E-state index in [1.54, 1.807) is 25.2 Å². The Morgan fingerprint density at radius 3 is 2.32 bits per heavy atom. The van der Waals surface area contributed by atoms with E-state index in [-0.39, 0.29) is 6.04 Å². The van der Waals surface area contributed by atoms with Crippen molar-refractivity contribution in [2.45, 2.75) is 51.8 Å². The van der Waals surface area contributed by atoms with E-state index in [1.165, 1.54) is 11.1 Å². The molecule has 0 aromatic carbocycles. The van der Waals surface area contributed by atoms with Crippen LogP contribution in [0, 0.1) is 13.8 Å². The highest BCUT2D eigenvalue weighted by molar-refractivity contribution is 7.92. The van der Waals surface area contributed by atoms with Gasteiger partial charge in [-0.05, 0) is 34.2 Å². The number of nitrogens with one attached hydrogen (secondary N) is 1. The number of thiazole rings is 1. The third-order valence-corrected chi connectivity index (χ3v) is 6.99. The summed E-state index contributed by atoms with van der Waals surface area (Å²) in [6.45, 7) is 10.3. The predicted octanol–water partition coefficient (Wildman–Crippen LogP) is 2.10. The molecule has 1 atom stereocenters. The standard InChI is InChI=1S/C13H24N2O2S2/c1-7-14-11(13(4,5)19(6,16)17)8-12-15-9(2)10(3)18-12/h11,14H,7-8H2,1-6H3. The Hall–Kier alpha value is -0.460. The van der Waals surface area contributed by atoms with Crippen LogP contribution >= 0.6 is 11.3 Å². The van der Waals surface area contributed by atoms with E-state index < -0.39 is 14.6 Å². The van der Waals surface area contributed by atoms with Gasteiger partial charge in [0.15, 0.2) is 9.84 Å². The van der Waals surface area contributed by atoms with Gasteiger partial charge >= 0.3 is 0 Å². The van der Waals surface area contributed by atoms with Gasteiger partial charge in [0.25, 0.3) is 0 Å². The Morgan fingerprint density at radius 1 is 1.37 bits per heavy atom. The Bertz CT molecular complexity index is 513. The van der Waals surface area contributed by atoms with Crippen molar-refractivity contribution in [3.63, 3.8) is 0 Å². The fourth-order valence-corrected chi connectivity index (χ4v) is 3.53. The molecule has 0 saturated heterocycles. The van der Waals surface area contributed by atoms with Crippen molar-refractivity contribution in [1.29, 1.82) is 0 Å². The molecule has 0 bridgehead atoms. The van der Waals surface area contributed by atoms with Crippen LogP contribution in [-0.2, 0) is 16.3 Å². The molecular weight excluding hydrogens is 280 g/mol. The Kier molecular flexibility index (Phi) is 5.15. The van der Waals surface area contributed by atoms with Crippen LogP contribution in [0.1, 0.15) is 36.3 Å². The summed E-state index contributed by atoms with van der Waals surface area (Å²) in [6, 6.07) is -0.127. The maximum atomic E-state index is 12.0. The van der Waals surface area contributed by atoms with Crippen LogP contribution in [0.4, 0.5) is 0 Å². The quantitative estimate of drug-likeness (QED) is 0.874. The number of rotatable bonds is 6. The number of nitrogens with zero attached hydrogens (tertiary/aromatic N) is 1. The molecule has 6 heteroatoms. The van der Waals surface area contributed by atoms with Crippen LogP contribution in [0.25, 0.3) is 0 Å². The lowest BCUT2D eigenvalue weighted by Gasteiger charge is -2.32. The summed E-state index contributed by atoms with van der Waals surface area (Å²) in [4.78, 5) is 5.71. The first-order valence-electron chi connectivity index (χ1n) is 6.45. The lowest BCUT2D eigenvalue weighted by Crippen LogP contribution is -2.52. The van der Waals surface area contributed by atoms with Gasteiger partial charge < -0.3 is 5.32 Å². The van der Waals surface area contributed by atoms with Crippen LogP contribution in [0.3, 0.4) is 0 Å². The zero-order valence-corrected chi connectivity index (χ0v) is 14.2. The van der Waals surface area contributed by atoms with Gasteiger partial charge in [0.1, 0.15) is 0 Å². The second kappa shape index (κ2) is 5.89. The fourth-order valence-electron chi connectivity index (χ4n) is 1.87. The SMILES string of the molecule is CCNC(Cc1nc(C)c(C)s1)C(C)(C)S(C)(=O)=O. The number of hydrogen-bond acceptors (Lipinski definition) is 5. The van der Waals surface area contributed by atoms with Crippen LogP contribution < -0.4 is 5.32 Å². The Balaban J connectivity index is 3.02. The fraction of sp³-hybridized carbons (Fsp3) is 0.769. The van der Waals surface area contributed by atoms with Crippen LogP contribution in [0.5, 0.6) is 0 Å². The number of sulfone groups is 1. The smallest absolute Gasteiger partial charge is 0.154 e. The molecule has 0 spiro atoms. The van der Waals surface area contributed by atoms with Gasteiger partial charge in [0.2, 0.25) is 0 Å². The third kappa shape index (κ3) is 3.77. The van der Waals surface area contributed by atoms with E-state index in [0.29, 0.717) is 6.42 Å². The first-order chi connectivity index (χ1) is 8.59. The molecule has 1 unspecified atom stereocenters. The summed E-state index contributed by atoms with van der Waals surface area (Å²) >= 11 is 1.65. The van der Waals surface area contributed by atoms with E-state index >= 15 is 0 Å².